The van der Waals surface area contributed by atoms with Gasteiger partial charge in [0.15, 0.2) is 0 Å². The number of carbonyl (C=O) groups is 2. The maximum absolute atomic E-state index is 13.0. The highest BCUT2D eigenvalue weighted by Crippen LogP contribution is 2.29. The molecule has 3 aliphatic rings. The van der Waals surface area contributed by atoms with E-state index in [0.29, 0.717) is 25.0 Å². The molecule has 0 spiro atoms. The highest BCUT2D eigenvalue weighted by Gasteiger charge is 2.41. The SMILES string of the molecule is Cc1cc(C)cc(N2CCC(C(=O)N3CCC4CCC(C3)N4)C2=O)c1.Cl. The second-order valence-corrected chi connectivity index (χ2v) is 7.89. The molecule has 3 aliphatic heterocycles. The van der Waals surface area contributed by atoms with Gasteiger partial charge in [-0.3, -0.25) is 9.59 Å². The summed E-state index contributed by atoms with van der Waals surface area (Å²) in [4.78, 5) is 29.7. The highest BCUT2D eigenvalue weighted by atomic mass is 35.5. The minimum absolute atomic E-state index is 0. The molecule has 0 aromatic heterocycles. The standard InChI is InChI=1S/C20H27N3O2.ClH/c1-13-9-14(2)11-17(10-13)23-8-6-18(20(23)25)19(24)22-7-5-15-3-4-16(12-22)21-15;/h9-11,15-16,18,21H,3-8,12H2,1-2H3;1H. The van der Waals surface area contributed by atoms with Crippen LogP contribution in [0.4, 0.5) is 5.69 Å². The van der Waals surface area contributed by atoms with E-state index in [1.165, 1.54) is 6.42 Å². The fourth-order valence-electron chi connectivity index (χ4n) is 4.64. The Morgan fingerprint density at radius 3 is 2.42 bits per heavy atom. The van der Waals surface area contributed by atoms with Crippen molar-refractivity contribution in [3.8, 4) is 0 Å². The maximum atomic E-state index is 13.0. The Bertz CT molecular complexity index is 688. The Kier molecular flexibility index (Phi) is 5.58. The van der Waals surface area contributed by atoms with Gasteiger partial charge >= 0.3 is 0 Å². The molecule has 0 radical (unpaired) electrons. The van der Waals surface area contributed by atoms with Gasteiger partial charge in [0.25, 0.3) is 0 Å². The molecule has 3 fully saturated rings. The van der Waals surface area contributed by atoms with Crippen molar-refractivity contribution < 1.29 is 9.59 Å². The van der Waals surface area contributed by atoms with Gasteiger partial charge in [0.2, 0.25) is 11.8 Å². The van der Waals surface area contributed by atoms with Gasteiger partial charge < -0.3 is 15.1 Å². The average molecular weight is 378 g/mol. The molecule has 2 bridgehead atoms. The van der Waals surface area contributed by atoms with E-state index in [0.717, 1.165) is 42.7 Å². The number of benzene rings is 1. The molecule has 0 aliphatic carbocycles. The Morgan fingerprint density at radius 1 is 1.00 bits per heavy atom. The summed E-state index contributed by atoms with van der Waals surface area (Å²) < 4.78 is 0. The van der Waals surface area contributed by atoms with Gasteiger partial charge in [-0.15, -0.1) is 12.4 Å². The third-order valence-electron chi connectivity index (χ3n) is 5.86. The van der Waals surface area contributed by atoms with Crippen molar-refractivity contribution in [3.05, 3.63) is 29.3 Å². The lowest BCUT2D eigenvalue weighted by Crippen LogP contribution is -2.44. The number of fused-ring (bicyclic) bond motifs is 2. The van der Waals surface area contributed by atoms with E-state index in [1.54, 1.807) is 4.90 Å². The lowest BCUT2D eigenvalue weighted by molar-refractivity contribution is -0.140. The van der Waals surface area contributed by atoms with Crippen LogP contribution in [-0.2, 0) is 9.59 Å². The molecule has 4 rings (SSSR count). The van der Waals surface area contributed by atoms with Gasteiger partial charge in [-0.2, -0.15) is 0 Å². The fraction of sp³-hybridized carbons (Fsp3) is 0.600. The van der Waals surface area contributed by atoms with E-state index >= 15 is 0 Å². The Morgan fingerprint density at radius 2 is 1.69 bits per heavy atom. The van der Waals surface area contributed by atoms with Crippen LogP contribution in [0, 0.1) is 19.8 Å². The Balaban J connectivity index is 0.00000196. The van der Waals surface area contributed by atoms with Gasteiger partial charge in [-0.05, 0) is 62.8 Å². The molecule has 3 atom stereocenters. The number of anilines is 1. The topological polar surface area (TPSA) is 52.7 Å². The summed E-state index contributed by atoms with van der Waals surface area (Å²) >= 11 is 0. The van der Waals surface area contributed by atoms with E-state index in [9.17, 15) is 9.59 Å². The molecule has 142 valence electrons. The maximum Gasteiger partial charge on any atom is 0.239 e. The number of halogens is 1. The molecule has 2 amide bonds. The number of rotatable bonds is 2. The Labute approximate surface area is 161 Å². The van der Waals surface area contributed by atoms with Crippen LogP contribution in [0.15, 0.2) is 18.2 Å². The third-order valence-corrected chi connectivity index (χ3v) is 5.86. The van der Waals surface area contributed by atoms with Crippen molar-refractivity contribution >= 4 is 29.9 Å². The molecule has 0 saturated carbocycles. The number of amides is 2. The van der Waals surface area contributed by atoms with Gasteiger partial charge in [0.1, 0.15) is 5.92 Å². The molecular weight excluding hydrogens is 350 g/mol. The summed E-state index contributed by atoms with van der Waals surface area (Å²) in [5.41, 5.74) is 3.22. The van der Waals surface area contributed by atoms with E-state index in [1.807, 2.05) is 30.9 Å². The van der Waals surface area contributed by atoms with Crippen molar-refractivity contribution in [2.45, 2.75) is 51.6 Å². The van der Waals surface area contributed by atoms with Crippen LogP contribution in [0.3, 0.4) is 0 Å². The molecule has 3 saturated heterocycles. The van der Waals surface area contributed by atoms with Crippen LogP contribution in [0.5, 0.6) is 0 Å². The number of hydrogen-bond acceptors (Lipinski definition) is 3. The van der Waals surface area contributed by atoms with E-state index in [-0.39, 0.29) is 24.2 Å². The Hall–Kier alpha value is -1.59. The van der Waals surface area contributed by atoms with E-state index in [2.05, 4.69) is 11.4 Å². The monoisotopic (exact) mass is 377 g/mol. The smallest absolute Gasteiger partial charge is 0.239 e. The minimum atomic E-state index is -0.502. The molecule has 6 heteroatoms. The van der Waals surface area contributed by atoms with Crippen molar-refractivity contribution in [2.24, 2.45) is 5.92 Å². The van der Waals surface area contributed by atoms with E-state index < -0.39 is 5.92 Å². The van der Waals surface area contributed by atoms with Crippen LogP contribution in [0.25, 0.3) is 0 Å². The first kappa shape index (κ1) is 19.2. The number of likely N-dealkylation sites (tertiary alicyclic amines) is 1. The summed E-state index contributed by atoms with van der Waals surface area (Å²) in [5.74, 6) is -0.499. The van der Waals surface area contributed by atoms with E-state index in [4.69, 9.17) is 0 Å². The molecule has 1 aromatic carbocycles. The first-order valence-corrected chi connectivity index (χ1v) is 9.46. The lowest BCUT2D eigenvalue weighted by Gasteiger charge is -2.26. The predicted octanol–water partition coefficient (Wildman–Crippen LogP) is 2.43. The first-order chi connectivity index (χ1) is 12.0. The van der Waals surface area contributed by atoms with Crippen LogP contribution in [0.1, 0.15) is 36.8 Å². The summed E-state index contributed by atoms with van der Waals surface area (Å²) in [7, 11) is 0. The summed E-state index contributed by atoms with van der Waals surface area (Å²) in [6.07, 6.45) is 3.99. The first-order valence-electron chi connectivity index (χ1n) is 9.46. The molecule has 1 aromatic rings. The molecule has 3 heterocycles. The average Bonchev–Trinajstić information content (AvgIpc) is 3.08. The van der Waals surface area contributed by atoms with Gasteiger partial charge in [0, 0.05) is 37.4 Å². The number of aryl methyl sites for hydroxylation is 2. The molecular formula is C20H28ClN3O2. The highest BCUT2D eigenvalue weighted by molar-refractivity contribution is 6.09. The van der Waals surface area contributed by atoms with Crippen LogP contribution in [-0.4, -0.2) is 48.4 Å². The van der Waals surface area contributed by atoms with Crippen LogP contribution >= 0.6 is 12.4 Å². The third kappa shape index (κ3) is 3.60. The molecule has 3 unspecified atom stereocenters. The lowest BCUT2D eigenvalue weighted by atomic mass is 10.0. The molecule has 1 N–H and O–H groups in total. The van der Waals surface area contributed by atoms with Gasteiger partial charge in [-0.1, -0.05) is 6.07 Å². The second-order valence-electron chi connectivity index (χ2n) is 7.89. The summed E-state index contributed by atoms with van der Waals surface area (Å²) in [6, 6.07) is 7.13. The summed E-state index contributed by atoms with van der Waals surface area (Å²) in [6.45, 7) is 6.25. The number of carbonyl (C=O) groups excluding carboxylic acids is 2. The molecule has 26 heavy (non-hydrogen) atoms. The largest absolute Gasteiger partial charge is 0.340 e. The van der Waals surface area contributed by atoms with Crippen LogP contribution < -0.4 is 10.2 Å². The predicted molar refractivity (Wildman–Crippen MR) is 105 cm³/mol. The van der Waals surface area contributed by atoms with Crippen molar-refractivity contribution in [1.82, 2.24) is 10.2 Å². The quantitative estimate of drug-likeness (QED) is 0.805. The number of nitrogens with zero attached hydrogens (tertiary/aromatic N) is 2. The van der Waals surface area contributed by atoms with Crippen molar-refractivity contribution in [3.63, 3.8) is 0 Å². The zero-order valence-electron chi connectivity index (χ0n) is 15.5. The normalized spacial score (nSPS) is 28.1. The van der Waals surface area contributed by atoms with Crippen molar-refractivity contribution in [1.29, 1.82) is 0 Å². The summed E-state index contributed by atoms with van der Waals surface area (Å²) in [5, 5.41) is 3.60. The number of hydrogen-bond donors (Lipinski definition) is 1. The van der Waals surface area contributed by atoms with Crippen molar-refractivity contribution in [2.75, 3.05) is 24.5 Å². The zero-order chi connectivity index (χ0) is 17.6. The van der Waals surface area contributed by atoms with Crippen LogP contribution in [0.2, 0.25) is 0 Å². The van der Waals surface area contributed by atoms with Gasteiger partial charge in [0.05, 0.1) is 0 Å². The van der Waals surface area contributed by atoms with Gasteiger partial charge in [-0.25, -0.2) is 0 Å². The fourth-order valence-corrected chi connectivity index (χ4v) is 4.64. The second kappa shape index (κ2) is 7.57. The number of nitrogens with one attached hydrogen (secondary N) is 1. The molecule has 5 nitrogen and oxygen atoms in total. The minimum Gasteiger partial charge on any atom is -0.340 e. The zero-order valence-corrected chi connectivity index (χ0v) is 16.3.